The zero-order valence-electron chi connectivity index (χ0n) is 6.79. The van der Waals surface area contributed by atoms with E-state index in [1.165, 1.54) is 13.8 Å². The van der Waals surface area contributed by atoms with E-state index in [1.54, 1.807) is 0 Å². The number of ether oxygens (including phenoxy) is 2. The maximum absolute atomic E-state index is 10.7. The van der Waals surface area contributed by atoms with E-state index in [9.17, 15) is 9.59 Å². The number of ketones is 1. The fraction of sp³-hybridized carbons (Fsp3) is 0.571. The molecule has 12 heavy (non-hydrogen) atoms. The number of hydrogen-bond acceptors (Lipinski definition) is 5. The largest absolute Gasteiger partial charge is 0.427 e. The summed E-state index contributed by atoms with van der Waals surface area (Å²) in [5, 5.41) is 8.75. The molecule has 1 saturated heterocycles. The molecule has 0 aromatic heterocycles. The van der Waals surface area contributed by atoms with Crippen molar-refractivity contribution >= 4 is 11.8 Å². The van der Waals surface area contributed by atoms with E-state index in [2.05, 4.69) is 4.74 Å². The maximum atomic E-state index is 10.7. The first-order chi connectivity index (χ1) is 5.52. The summed E-state index contributed by atoms with van der Waals surface area (Å²) in [4.78, 5) is 21.2. The number of Topliss-reactive ketones (excluding diaryl/α,β-unsaturated/α-hetero) is 1. The molecule has 1 fully saturated rings. The summed E-state index contributed by atoms with van der Waals surface area (Å²) in [6.07, 6.45) is 0.000185. The molecule has 0 aromatic carbocycles. The third-order valence-electron chi connectivity index (χ3n) is 1.41. The van der Waals surface area contributed by atoms with E-state index in [1.807, 2.05) is 0 Å². The SMILES string of the molecule is CC(=O)OC1(CO)O[C]1C(C)=O. The van der Waals surface area contributed by atoms with E-state index in [4.69, 9.17) is 9.84 Å². The number of aliphatic hydroxyl groups excluding tert-OH is 1. The van der Waals surface area contributed by atoms with Crippen LogP contribution in [-0.2, 0) is 19.1 Å². The van der Waals surface area contributed by atoms with Crippen molar-refractivity contribution in [3.05, 3.63) is 6.10 Å². The van der Waals surface area contributed by atoms with Gasteiger partial charge in [0, 0.05) is 6.92 Å². The van der Waals surface area contributed by atoms with E-state index in [-0.39, 0.29) is 11.9 Å². The molecule has 5 nitrogen and oxygen atoms in total. The summed E-state index contributed by atoms with van der Waals surface area (Å²) in [6.45, 7) is 1.93. The van der Waals surface area contributed by atoms with Crippen molar-refractivity contribution in [1.29, 1.82) is 0 Å². The number of hydrogen-bond donors (Lipinski definition) is 1. The lowest BCUT2D eigenvalue weighted by molar-refractivity contribution is -0.159. The molecular formula is C7H9O5. The molecule has 5 heteroatoms. The highest BCUT2D eigenvalue weighted by Crippen LogP contribution is 2.45. The summed E-state index contributed by atoms with van der Waals surface area (Å²) < 4.78 is 9.30. The van der Waals surface area contributed by atoms with Gasteiger partial charge in [-0.3, -0.25) is 9.59 Å². The molecule has 0 amide bonds. The van der Waals surface area contributed by atoms with E-state index in [0.29, 0.717) is 0 Å². The minimum atomic E-state index is -1.47. The number of epoxide rings is 1. The van der Waals surface area contributed by atoms with Gasteiger partial charge in [0.05, 0.1) is 0 Å². The number of carbonyl (C=O) groups is 2. The molecule has 1 rings (SSSR count). The lowest BCUT2D eigenvalue weighted by Crippen LogP contribution is -2.26. The van der Waals surface area contributed by atoms with Crippen LogP contribution < -0.4 is 0 Å². The number of rotatable bonds is 3. The van der Waals surface area contributed by atoms with Crippen LogP contribution in [0.4, 0.5) is 0 Å². The second-order valence-electron chi connectivity index (χ2n) is 2.49. The highest BCUT2D eigenvalue weighted by Gasteiger charge is 2.64. The summed E-state index contributed by atoms with van der Waals surface area (Å²) in [5.74, 6) is -2.41. The molecule has 0 saturated carbocycles. The van der Waals surface area contributed by atoms with Crippen LogP contribution in [0.15, 0.2) is 0 Å². The first-order valence-electron chi connectivity index (χ1n) is 3.39. The van der Waals surface area contributed by atoms with Gasteiger partial charge in [0.15, 0.2) is 5.78 Å². The van der Waals surface area contributed by atoms with Gasteiger partial charge in [-0.15, -0.1) is 0 Å². The zero-order valence-corrected chi connectivity index (χ0v) is 6.79. The predicted molar refractivity (Wildman–Crippen MR) is 36.6 cm³/mol. The van der Waals surface area contributed by atoms with Crippen LogP contribution in [0, 0.1) is 6.10 Å². The van der Waals surface area contributed by atoms with Gasteiger partial charge in [-0.25, -0.2) is 0 Å². The van der Waals surface area contributed by atoms with Gasteiger partial charge in [-0.05, 0) is 6.92 Å². The molecule has 0 aromatic rings. The molecule has 1 N–H and O–H groups in total. The van der Waals surface area contributed by atoms with Gasteiger partial charge in [-0.2, -0.15) is 0 Å². The number of aliphatic hydroxyl groups is 1. The molecule has 67 valence electrons. The average Bonchev–Trinajstić information content (AvgIpc) is 2.63. The van der Waals surface area contributed by atoms with Gasteiger partial charge < -0.3 is 14.6 Å². The molecule has 1 atom stereocenters. The Morgan fingerprint density at radius 1 is 1.58 bits per heavy atom. The molecule has 1 aliphatic rings. The van der Waals surface area contributed by atoms with Gasteiger partial charge in [0.2, 0.25) is 6.10 Å². The van der Waals surface area contributed by atoms with E-state index in [0.717, 1.165) is 0 Å². The van der Waals surface area contributed by atoms with Crippen molar-refractivity contribution in [1.82, 2.24) is 0 Å². The van der Waals surface area contributed by atoms with Gasteiger partial charge in [-0.1, -0.05) is 0 Å². The smallest absolute Gasteiger partial charge is 0.305 e. The first-order valence-corrected chi connectivity index (χ1v) is 3.39. The highest BCUT2D eigenvalue weighted by atomic mass is 16.8. The Hall–Kier alpha value is -0.940. The molecule has 1 radical (unpaired) electrons. The second kappa shape index (κ2) is 2.84. The summed E-state index contributed by atoms with van der Waals surface area (Å²) in [7, 11) is 0. The molecule has 1 heterocycles. The molecule has 0 spiro atoms. The van der Waals surface area contributed by atoms with Crippen LogP contribution in [0.1, 0.15) is 13.8 Å². The van der Waals surface area contributed by atoms with E-state index >= 15 is 0 Å². The van der Waals surface area contributed by atoms with Gasteiger partial charge >= 0.3 is 5.97 Å². The normalized spacial score (nSPS) is 28.2. The fourth-order valence-corrected chi connectivity index (χ4v) is 0.915. The monoisotopic (exact) mass is 173 g/mol. The van der Waals surface area contributed by atoms with Crippen molar-refractivity contribution in [2.24, 2.45) is 0 Å². The third kappa shape index (κ3) is 1.46. The van der Waals surface area contributed by atoms with Crippen molar-refractivity contribution in [3.63, 3.8) is 0 Å². The van der Waals surface area contributed by atoms with Crippen LogP contribution in [0.3, 0.4) is 0 Å². The Bertz CT molecular complexity index is 224. The van der Waals surface area contributed by atoms with Crippen LogP contribution in [0.5, 0.6) is 0 Å². The first kappa shape index (κ1) is 9.15. The second-order valence-corrected chi connectivity index (χ2v) is 2.49. The molecule has 1 aliphatic heterocycles. The quantitative estimate of drug-likeness (QED) is 0.455. The molecule has 1 unspecified atom stereocenters. The lowest BCUT2D eigenvalue weighted by Gasteiger charge is -2.07. The maximum Gasteiger partial charge on any atom is 0.305 e. The number of carbonyl (C=O) groups excluding carboxylic acids is 2. The predicted octanol–water partition coefficient (Wildman–Crippen LogP) is -0.611. The van der Waals surface area contributed by atoms with Crippen molar-refractivity contribution in [2.75, 3.05) is 6.61 Å². The zero-order chi connectivity index (χ0) is 9.35. The highest BCUT2D eigenvalue weighted by molar-refractivity contribution is 5.93. The van der Waals surface area contributed by atoms with Crippen molar-refractivity contribution < 1.29 is 24.2 Å². The Morgan fingerprint density at radius 3 is 2.42 bits per heavy atom. The molecular weight excluding hydrogens is 164 g/mol. The number of esters is 1. The average molecular weight is 173 g/mol. The Kier molecular flexibility index (Phi) is 2.16. The fourth-order valence-electron chi connectivity index (χ4n) is 0.915. The Labute approximate surface area is 69.3 Å². The van der Waals surface area contributed by atoms with Crippen molar-refractivity contribution in [3.8, 4) is 0 Å². The van der Waals surface area contributed by atoms with Crippen LogP contribution in [0.2, 0.25) is 0 Å². The summed E-state index contributed by atoms with van der Waals surface area (Å²) in [5.41, 5.74) is 0. The molecule has 0 aliphatic carbocycles. The van der Waals surface area contributed by atoms with Gasteiger partial charge in [0.25, 0.3) is 5.79 Å². The van der Waals surface area contributed by atoms with Crippen LogP contribution in [0.25, 0.3) is 0 Å². The molecule has 0 bridgehead atoms. The Morgan fingerprint density at radius 2 is 2.17 bits per heavy atom. The third-order valence-corrected chi connectivity index (χ3v) is 1.41. The lowest BCUT2D eigenvalue weighted by atomic mass is 10.2. The van der Waals surface area contributed by atoms with Crippen LogP contribution in [-0.4, -0.2) is 29.3 Å². The van der Waals surface area contributed by atoms with Gasteiger partial charge in [0.1, 0.15) is 6.61 Å². The van der Waals surface area contributed by atoms with E-state index < -0.39 is 18.4 Å². The summed E-state index contributed by atoms with van der Waals surface area (Å²) >= 11 is 0. The topological polar surface area (TPSA) is 76.1 Å². The minimum Gasteiger partial charge on any atom is -0.427 e. The van der Waals surface area contributed by atoms with Crippen LogP contribution >= 0.6 is 0 Å². The van der Waals surface area contributed by atoms with Crippen molar-refractivity contribution in [2.45, 2.75) is 19.6 Å². The minimum absolute atomic E-state index is 0.000185. The standard InChI is InChI=1S/C7H9O5/c1-4(9)6-7(3-8,12-6)11-5(2)10/h8H,3H2,1-2H3. The summed E-state index contributed by atoms with van der Waals surface area (Å²) in [6, 6.07) is 0. The Balaban J connectivity index is 2.58.